The van der Waals surface area contributed by atoms with E-state index in [0.717, 1.165) is 21.8 Å². The van der Waals surface area contributed by atoms with Crippen LogP contribution in [-0.2, 0) is 9.84 Å². The van der Waals surface area contributed by atoms with Crippen LogP contribution in [0, 0.1) is 5.82 Å². The first-order valence-electron chi connectivity index (χ1n) is 10.3. The van der Waals surface area contributed by atoms with Gasteiger partial charge in [-0.05, 0) is 36.8 Å². The second-order valence-corrected chi connectivity index (χ2v) is 10.6. The third kappa shape index (κ3) is 4.57. The fourth-order valence-corrected chi connectivity index (χ4v) is 6.36. The van der Waals surface area contributed by atoms with Gasteiger partial charge in [-0.25, -0.2) is 17.8 Å². The summed E-state index contributed by atoms with van der Waals surface area (Å²) in [5, 5.41) is 0.801. The normalized spacial score (nSPS) is 14.9. The highest BCUT2D eigenvalue weighted by atomic mass is 32.2. The molecule has 6 nitrogen and oxygen atoms in total. The molecule has 2 aromatic carbocycles. The number of anilines is 1. The van der Waals surface area contributed by atoms with Crippen molar-refractivity contribution in [1.82, 2.24) is 9.88 Å². The van der Waals surface area contributed by atoms with Crippen LogP contribution in [-0.4, -0.2) is 56.1 Å². The number of sulfone groups is 1. The molecule has 0 spiro atoms. The smallest absolute Gasteiger partial charge is 0.255 e. The average molecular weight is 462 g/mol. The van der Waals surface area contributed by atoms with E-state index >= 15 is 0 Å². The van der Waals surface area contributed by atoms with Crippen LogP contribution in [0.5, 0.6) is 0 Å². The Morgan fingerprint density at radius 3 is 2.61 bits per heavy atom. The Morgan fingerprint density at radius 1 is 1.13 bits per heavy atom. The molecule has 164 valence electrons. The molecule has 0 aliphatic carbocycles. The monoisotopic (exact) mass is 461 g/mol. The first kappa shape index (κ1) is 21.7. The minimum atomic E-state index is -3.51. The number of piperazine rings is 1. The Labute approximate surface area is 185 Å². The number of unbranched alkanes of at least 4 members (excludes halogenated alkanes) is 1. The Morgan fingerprint density at radius 2 is 1.87 bits per heavy atom. The van der Waals surface area contributed by atoms with Crippen LogP contribution in [0.1, 0.15) is 30.1 Å². The van der Waals surface area contributed by atoms with Crippen LogP contribution in [0.15, 0.2) is 47.4 Å². The molecule has 9 heteroatoms. The number of thiazole rings is 1. The zero-order chi connectivity index (χ0) is 22.0. The van der Waals surface area contributed by atoms with Crippen molar-refractivity contribution in [3.63, 3.8) is 0 Å². The van der Waals surface area contributed by atoms with Crippen LogP contribution in [0.2, 0.25) is 0 Å². The number of aromatic nitrogens is 1. The second-order valence-electron chi connectivity index (χ2n) is 7.56. The van der Waals surface area contributed by atoms with E-state index in [4.69, 9.17) is 0 Å². The lowest BCUT2D eigenvalue weighted by Crippen LogP contribution is -2.49. The Hall–Kier alpha value is -2.52. The number of carbonyl (C=O) groups excluding carboxylic acids is 1. The molecule has 1 fully saturated rings. The molecule has 0 unspecified atom stereocenters. The first-order chi connectivity index (χ1) is 14.9. The van der Waals surface area contributed by atoms with Gasteiger partial charge in [0.15, 0.2) is 15.0 Å². The molecular formula is C22H24FN3O3S2. The summed E-state index contributed by atoms with van der Waals surface area (Å²) in [6.45, 7) is 4.03. The molecule has 3 aromatic rings. The van der Waals surface area contributed by atoms with E-state index in [1.165, 1.54) is 29.5 Å². The van der Waals surface area contributed by atoms with Gasteiger partial charge < -0.3 is 9.80 Å². The maximum Gasteiger partial charge on any atom is 0.255 e. The molecule has 0 saturated carbocycles. The number of fused-ring (bicyclic) bond motifs is 1. The Kier molecular flexibility index (Phi) is 6.24. The summed E-state index contributed by atoms with van der Waals surface area (Å²) in [5.41, 5.74) is 0.994. The summed E-state index contributed by atoms with van der Waals surface area (Å²) in [4.78, 5) is 21.6. The Bertz CT molecular complexity index is 1200. The Balaban J connectivity index is 1.48. The summed E-state index contributed by atoms with van der Waals surface area (Å²) < 4.78 is 39.7. The summed E-state index contributed by atoms with van der Waals surface area (Å²) >= 11 is 1.43. The molecule has 0 bridgehead atoms. The summed E-state index contributed by atoms with van der Waals surface area (Å²) in [6.07, 6.45) is 1.34. The molecule has 1 saturated heterocycles. The van der Waals surface area contributed by atoms with Crippen LogP contribution in [0.3, 0.4) is 0 Å². The highest BCUT2D eigenvalue weighted by molar-refractivity contribution is 7.91. The molecule has 1 amide bonds. The minimum Gasteiger partial charge on any atom is -0.345 e. The summed E-state index contributed by atoms with van der Waals surface area (Å²) in [6, 6.07) is 11.0. The lowest BCUT2D eigenvalue weighted by Gasteiger charge is -2.34. The van der Waals surface area contributed by atoms with E-state index in [-0.39, 0.29) is 27.9 Å². The number of benzene rings is 2. The highest BCUT2D eigenvalue weighted by Gasteiger charge is 2.28. The van der Waals surface area contributed by atoms with E-state index in [1.54, 1.807) is 29.2 Å². The third-order valence-corrected chi connectivity index (χ3v) is 8.33. The predicted octanol–water partition coefficient (Wildman–Crippen LogP) is 3.97. The van der Waals surface area contributed by atoms with E-state index in [0.29, 0.717) is 32.6 Å². The molecule has 31 heavy (non-hydrogen) atoms. The van der Waals surface area contributed by atoms with Gasteiger partial charge in [-0.2, -0.15) is 0 Å². The van der Waals surface area contributed by atoms with Crippen molar-refractivity contribution in [2.24, 2.45) is 0 Å². The quantitative estimate of drug-likeness (QED) is 0.556. The molecule has 1 aliphatic rings. The van der Waals surface area contributed by atoms with Crippen LogP contribution in [0.25, 0.3) is 10.2 Å². The van der Waals surface area contributed by atoms with E-state index in [9.17, 15) is 17.6 Å². The van der Waals surface area contributed by atoms with Gasteiger partial charge in [-0.3, -0.25) is 4.79 Å². The maximum atomic E-state index is 13.5. The summed E-state index contributed by atoms with van der Waals surface area (Å²) in [7, 11) is -3.51. The summed E-state index contributed by atoms with van der Waals surface area (Å²) in [5.74, 6) is -0.507. The lowest BCUT2D eigenvalue weighted by atomic mass is 10.2. The molecule has 4 rings (SSSR count). The van der Waals surface area contributed by atoms with E-state index in [2.05, 4.69) is 9.88 Å². The molecular weight excluding hydrogens is 437 g/mol. The molecule has 0 atom stereocenters. The number of rotatable bonds is 6. The van der Waals surface area contributed by atoms with E-state index < -0.39 is 9.84 Å². The van der Waals surface area contributed by atoms with Gasteiger partial charge in [-0.15, -0.1) is 0 Å². The molecule has 0 N–H and O–H groups in total. The van der Waals surface area contributed by atoms with Crippen LogP contribution in [0.4, 0.5) is 9.52 Å². The molecule has 1 aliphatic heterocycles. The van der Waals surface area contributed by atoms with Gasteiger partial charge >= 0.3 is 0 Å². The van der Waals surface area contributed by atoms with Crippen molar-refractivity contribution in [2.45, 2.75) is 24.7 Å². The number of halogens is 1. The van der Waals surface area contributed by atoms with Crippen LogP contribution < -0.4 is 4.90 Å². The number of amides is 1. The SMILES string of the molecule is CCCCS(=O)(=O)c1ccccc1C(=O)N1CCN(c2nc3ccc(F)cc3s2)CC1. The topological polar surface area (TPSA) is 70.6 Å². The van der Waals surface area contributed by atoms with Gasteiger partial charge in [-0.1, -0.05) is 36.8 Å². The third-order valence-electron chi connectivity index (χ3n) is 5.40. The van der Waals surface area contributed by atoms with E-state index in [1.807, 2.05) is 6.92 Å². The lowest BCUT2D eigenvalue weighted by molar-refractivity contribution is 0.0743. The van der Waals surface area contributed by atoms with Gasteiger partial charge in [0.2, 0.25) is 0 Å². The molecule has 0 radical (unpaired) electrons. The molecule has 1 aromatic heterocycles. The van der Waals surface area contributed by atoms with Crippen molar-refractivity contribution in [2.75, 3.05) is 36.8 Å². The van der Waals surface area contributed by atoms with Crippen molar-refractivity contribution in [3.05, 3.63) is 53.8 Å². The number of carbonyl (C=O) groups is 1. The fourth-order valence-electron chi connectivity index (χ4n) is 3.65. The van der Waals surface area contributed by atoms with Crippen molar-refractivity contribution < 1.29 is 17.6 Å². The van der Waals surface area contributed by atoms with Gasteiger partial charge in [0.05, 0.1) is 26.4 Å². The predicted molar refractivity (Wildman–Crippen MR) is 121 cm³/mol. The zero-order valence-electron chi connectivity index (χ0n) is 17.3. The van der Waals surface area contributed by atoms with Gasteiger partial charge in [0.25, 0.3) is 5.91 Å². The largest absolute Gasteiger partial charge is 0.345 e. The number of hydrogen-bond donors (Lipinski definition) is 0. The van der Waals surface area contributed by atoms with Crippen molar-refractivity contribution in [1.29, 1.82) is 0 Å². The number of hydrogen-bond acceptors (Lipinski definition) is 6. The number of nitrogens with zero attached hydrogens (tertiary/aromatic N) is 3. The van der Waals surface area contributed by atoms with Crippen molar-refractivity contribution in [3.8, 4) is 0 Å². The van der Waals surface area contributed by atoms with Crippen molar-refractivity contribution >= 4 is 42.4 Å². The average Bonchev–Trinajstić information content (AvgIpc) is 3.20. The first-order valence-corrected chi connectivity index (χ1v) is 12.8. The highest BCUT2D eigenvalue weighted by Crippen LogP contribution is 2.30. The van der Waals surface area contributed by atoms with Gasteiger partial charge in [0, 0.05) is 26.2 Å². The standard InChI is InChI=1S/C22H24FN3O3S2/c1-2-3-14-31(28,29)20-7-5-4-6-17(20)21(27)25-10-12-26(13-11-25)22-24-18-9-8-16(23)15-19(18)30-22/h4-9,15H,2-3,10-14H2,1H3. The fraction of sp³-hybridized carbons (Fsp3) is 0.364. The zero-order valence-corrected chi connectivity index (χ0v) is 18.9. The maximum absolute atomic E-state index is 13.5. The van der Waals surface area contributed by atoms with Gasteiger partial charge in [0.1, 0.15) is 5.82 Å². The second kappa shape index (κ2) is 8.92. The molecule has 2 heterocycles. The van der Waals surface area contributed by atoms with Crippen LogP contribution >= 0.6 is 11.3 Å². The minimum absolute atomic E-state index is 0.0414.